The first-order chi connectivity index (χ1) is 17.7. The first-order valence-electron chi connectivity index (χ1n) is 11.9. The fourth-order valence-corrected chi connectivity index (χ4v) is 4.88. The Kier molecular flexibility index (Phi) is 5.99. The molecule has 0 aliphatic carbocycles. The summed E-state index contributed by atoms with van der Waals surface area (Å²) in [6, 6.07) is 32.1. The highest BCUT2D eigenvalue weighted by Gasteiger charge is 2.42. The van der Waals surface area contributed by atoms with E-state index in [9.17, 15) is 0 Å². The number of halogens is 1. The number of rotatable bonds is 6. The van der Waals surface area contributed by atoms with Gasteiger partial charge < -0.3 is 14.2 Å². The molecule has 0 fully saturated rings. The summed E-state index contributed by atoms with van der Waals surface area (Å²) in [6.45, 7) is 0.521. The number of fused-ring (bicyclic) bond motifs is 3. The van der Waals surface area contributed by atoms with Crippen LogP contribution in [0.2, 0.25) is 5.02 Å². The van der Waals surface area contributed by atoms with Crippen LogP contribution in [0.3, 0.4) is 0 Å². The van der Waals surface area contributed by atoms with E-state index in [0.29, 0.717) is 11.6 Å². The third-order valence-corrected chi connectivity index (χ3v) is 6.84. The van der Waals surface area contributed by atoms with Gasteiger partial charge in [-0.1, -0.05) is 66.2 Å². The lowest BCUT2D eigenvalue weighted by atomic mass is 9.95. The molecule has 0 unspecified atom stereocenters. The van der Waals surface area contributed by atoms with Gasteiger partial charge >= 0.3 is 0 Å². The second-order valence-corrected chi connectivity index (χ2v) is 9.28. The van der Waals surface area contributed by atoms with E-state index in [1.165, 1.54) is 0 Å². The fraction of sp³-hybridized carbons (Fsp3) is 0.167. The molecule has 0 amide bonds. The summed E-state index contributed by atoms with van der Waals surface area (Å²) >= 11 is 6.12. The number of hydrogen-bond acceptors (Lipinski definition) is 5. The van der Waals surface area contributed by atoms with E-state index in [0.717, 1.165) is 51.6 Å². The highest BCUT2D eigenvalue weighted by molar-refractivity contribution is 6.30. The minimum atomic E-state index is -0.397. The molecule has 2 atom stereocenters. The van der Waals surface area contributed by atoms with Gasteiger partial charge in [-0.3, -0.25) is 0 Å². The van der Waals surface area contributed by atoms with Crippen LogP contribution in [-0.2, 0) is 6.61 Å². The van der Waals surface area contributed by atoms with Gasteiger partial charge in [0.2, 0.25) is 6.23 Å². The van der Waals surface area contributed by atoms with Gasteiger partial charge in [0.15, 0.2) is 11.5 Å². The van der Waals surface area contributed by atoms with Crippen molar-refractivity contribution in [1.82, 2.24) is 5.01 Å². The summed E-state index contributed by atoms with van der Waals surface area (Å²) in [5.41, 5.74) is 5.25. The van der Waals surface area contributed by atoms with Gasteiger partial charge in [0.25, 0.3) is 0 Å². The quantitative estimate of drug-likeness (QED) is 0.284. The number of hydrazone groups is 1. The van der Waals surface area contributed by atoms with Crippen molar-refractivity contribution in [1.29, 1.82) is 0 Å². The second-order valence-electron chi connectivity index (χ2n) is 8.85. The third-order valence-electron chi connectivity index (χ3n) is 6.59. The summed E-state index contributed by atoms with van der Waals surface area (Å²) in [5.74, 6) is 2.29. The van der Waals surface area contributed by atoms with Crippen LogP contribution in [0.1, 0.15) is 40.9 Å². The van der Waals surface area contributed by atoms with E-state index in [-0.39, 0.29) is 6.04 Å². The molecule has 180 valence electrons. The minimum Gasteiger partial charge on any atom is -0.493 e. The smallest absolute Gasteiger partial charge is 0.214 e. The maximum atomic E-state index is 6.56. The Morgan fingerprint density at radius 1 is 0.917 bits per heavy atom. The van der Waals surface area contributed by atoms with E-state index in [2.05, 4.69) is 23.2 Å². The highest BCUT2D eigenvalue weighted by atomic mass is 35.5. The average Bonchev–Trinajstić information content (AvgIpc) is 3.38. The summed E-state index contributed by atoms with van der Waals surface area (Å²) in [4.78, 5) is 0. The number of ether oxygens (including phenoxy) is 3. The summed E-state index contributed by atoms with van der Waals surface area (Å²) in [6.07, 6.45) is 0.367. The third kappa shape index (κ3) is 4.27. The molecule has 0 saturated heterocycles. The molecule has 2 aliphatic rings. The fourth-order valence-electron chi connectivity index (χ4n) is 4.75. The molecule has 0 bridgehead atoms. The van der Waals surface area contributed by atoms with Gasteiger partial charge in [-0.05, 0) is 53.6 Å². The molecule has 0 spiro atoms. The molecule has 6 rings (SSSR count). The Hall–Kier alpha value is -3.96. The van der Waals surface area contributed by atoms with Crippen LogP contribution in [0.5, 0.6) is 17.2 Å². The van der Waals surface area contributed by atoms with Gasteiger partial charge in [0, 0.05) is 22.6 Å². The van der Waals surface area contributed by atoms with Gasteiger partial charge in [-0.25, -0.2) is 5.01 Å². The van der Waals surface area contributed by atoms with Crippen molar-refractivity contribution in [2.24, 2.45) is 5.10 Å². The predicted molar refractivity (Wildman–Crippen MR) is 141 cm³/mol. The van der Waals surface area contributed by atoms with Crippen LogP contribution in [0.25, 0.3) is 0 Å². The maximum absolute atomic E-state index is 6.56. The number of benzene rings is 4. The molecule has 2 aliphatic heterocycles. The van der Waals surface area contributed by atoms with Crippen molar-refractivity contribution >= 4 is 17.3 Å². The lowest BCUT2D eigenvalue weighted by Crippen LogP contribution is -2.33. The van der Waals surface area contributed by atoms with E-state index in [1.54, 1.807) is 7.11 Å². The lowest BCUT2D eigenvalue weighted by molar-refractivity contribution is -0.0209. The Morgan fingerprint density at radius 2 is 1.69 bits per heavy atom. The molecule has 0 saturated carbocycles. The SMILES string of the molecule is COc1cccc2c1O[C@H](c1ccc(OCc3ccccc3)cc1)N1N=C(c3ccc(Cl)cc3)C[C@H]21. The molecule has 2 heterocycles. The number of hydrogen-bond donors (Lipinski definition) is 0. The highest BCUT2D eigenvalue weighted by Crippen LogP contribution is 2.50. The standard InChI is InChI=1S/C30H25ClN2O3/c1-34-28-9-5-8-25-27-18-26(21-10-14-23(31)15-11-21)32-33(27)30(36-29(25)28)22-12-16-24(17-13-22)35-19-20-6-3-2-4-7-20/h2-17,27,30H,18-19H2,1H3/t27-,30-/m1/s1. The number of nitrogens with zero attached hydrogens (tertiary/aromatic N) is 2. The van der Waals surface area contributed by atoms with Crippen molar-refractivity contribution in [2.45, 2.75) is 25.3 Å². The Bertz CT molecular complexity index is 1390. The van der Waals surface area contributed by atoms with Crippen LogP contribution in [0, 0.1) is 0 Å². The van der Waals surface area contributed by atoms with Crippen LogP contribution < -0.4 is 14.2 Å². The molecule has 36 heavy (non-hydrogen) atoms. The molecular weight excluding hydrogens is 472 g/mol. The minimum absolute atomic E-state index is 0.0357. The van der Waals surface area contributed by atoms with Gasteiger partial charge in [0.1, 0.15) is 12.4 Å². The van der Waals surface area contributed by atoms with Gasteiger partial charge in [0.05, 0.1) is 18.9 Å². The monoisotopic (exact) mass is 496 g/mol. The number of methoxy groups -OCH3 is 1. The van der Waals surface area contributed by atoms with Crippen molar-refractivity contribution in [3.8, 4) is 17.2 Å². The molecule has 0 aromatic heterocycles. The van der Waals surface area contributed by atoms with Crippen molar-refractivity contribution < 1.29 is 14.2 Å². The van der Waals surface area contributed by atoms with Crippen LogP contribution >= 0.6 is 11.6 Å². The lowest BCUT2D eigenvalue weighted by Gasteiger charge is -2.38. The first-order valence-corrected chi connectivity index (χ1v) is 12.3. The van der Waals surface area contributed by atoms with E-state index in [1.807, 2.05) is 78.9 Å². The van der Waals surface area contributed by atoms with E-state index >= 15 is 0 Å². The molecular formula is C30H25ClN2O3. The molecule has 4 aromatic rings. The van der Waals surface area contributed by atoms with Crippen LogP contribution in [0.4, 0.5) is 0 Å². The molecule has 6 heteroatoms. The summed E-state index contributed by atoms with van der Waals surface area (Å²) < 4.78 is 18.2. The molecule has 4 aromatic carbocycles. The van der Waals surface area contributed by atoms with Crippen LogP contribution in [-0.4, -0.2) is 17.8 Å². The predicted octanol–water partition coefficient (Wildman–Crippen LogP) is 7.17. The Balaban J connectivity index is 1.31. The van der Waals surface area contributed by atoms with Crippen molar-refractivity contribution in [3.63, 3.8) is 0 Å². The van der Waals surface area contributed by atoms with Crippen molar-refractivity contribution in [2.75, 3.05) is 7.11 Å². The van der Waals surface area contributed by atoms with E-state index in [4.69, 9.17) is 30.9 Å². The molecule has 0 N–H and O–H groups in total. The maximum Gasteiger partial charge on any atom is 0.214 e. The van der Waals surface area contributed by atoms with Crippen molar-refractivity contribution in [3.05, 3.63) is 124 Å². The Labute approximate surface area is 215 Å². The zero-order chi connectivity index (χ0) is 24.5. The summed E-state index contributed by atoms with van der Waals surface area (Å²) in [7, 11) is 1.67. The first kappa shape index (κ1) is 22.5. The topological polar surface area (TPSA) is 43.3 Å². The van der Waals surface area contributed by atoms with Gasteiger partial charge in [-0.2, -0.15) is 5.10 Å². The largest absolute Gasteiger partial charge is 0.493 e. The number of para-hydroxylation sites is 1. The van der Waals surface area contributed by atoms with Crippen LogP contribution in [0.15, 0.2) is 102 Å². The van der Waals surface area contributed by atoms with E-state index < -0.39 is 6.23 Å². The molecule has 0 radical (unpaired) electrons. The normalized spacial score (nSPS) is 18.1. The second kappa shape index (κ2) is 9.59. The Morgan fingerprint density at radius 3 is 2.44 bits per heavy atom. The molecule has 5 nitrogen and oxygen atoms in total. The zero-order valence-electron chi connectivity index (χ0n) is 19.8. The summed E-state index contributed by atoms with van der Waals surface area (Å²) in [5, 5.41) is 7.80. The zero-order valence-corrected chi connectivity index (χ0v) is 20.6. The van der Waals surface area contributed by atoms with Gasteiger partial charge in [-0.15, -0.1) is 0 Å². The average molecular weight is 497 g/mol.